The minimum absolute atomic E-state index is 0.0338. The van der Waals surface area contributed by atoms with Gasteiger partial charge in [-0.1, -0.05) is 29.8 Å². The van der Waals surface area contributed by atoms with Crippen LogP contribution in [0.3, 0.4) is 0 Å². The van der Waals surface area contributed by atoms with Crippen LogP contribution in [0.4, 0.5) is 11.4 Å². The van der Waals surface area contributed by atoms with E-state index < -0.39 is 0 Å². The quantitative estimate of drug-likeness (QED) is 0.749. The van der Waals surface area contributed by atoms with Crippen molar-refractivity contribution in [3.05, 3.63) is 53.1 Å². The molecule has 0 spiro atoms. The van der Waals surface area contributed by atoms with Crippen LogP contribution in [0.25, 0.3) is 0 Å². The minimum Gasteiger partial charge on any atom is -0.495 e. The first kappa shape index (κ1) is 21.1. The molecule has 1 aliphatic heterocycles. The number of benzene rings is 2. The zero-order valence-electron chi connectivity index (χ0n) is 16.7. The molecule has 0 aliphatic carbocycles. The maximum absolute atomic E-state index is 12.5. The summed E-state index contributed by atoms with van der Waals surface area (Å²) in [6.07, 6.45) is 1.46. The number of nitrogens with zero attached hydrogens (tertiary/aromatic N) is 1. The number of anilines is 2. The van der Waals surface area contributed by atoms with Crippen molar-refractivity contribution < 1.29 is 14.3 Å². The predicted octanol–water partition coefficient (Wildman–Crippen LogP) is 3.95. The first-order valence-electron chi connectivity index (χ1n) is 9.68. The Bertz CT molecular complexity index is 865. The van der Waals surface area contributed by atoms with Crippen molar-refractivity contribution in [1.82, 2.24) is 4.90 Å². The van der Waals surface area contributed by atoms with Crippen molar-refractivity contribution >= 4 is 34.8 Å². The lowest BCUT2D eigenvalue weighted by molar-refractivity contribution is -0.121. The van der Waals surface area contributed by atoms with Gasteiger partial charge in [0, 0.05) is 22.7 Å². The number of hydrogen-bond acceptors (Lipinski definition) is 4. The summed E-state index contributed by atoms with van der Waals surface area (Å²) in [5.41, 5.74) is 2.29. The van der Waals surface area contributed by atoms with E-state index in [1.165, 1.54) is 0 Å². The minimum atomic E-state index is -0.114. The number of likely N-dealkylation sites (tertiary alicyclic amines) is 1. The first-order chi connectivity index (χ1) is 14.0. The van der Waals surface area contributed by atoms with E-state index in [-0.39, 0.29) is 24.3 Å². The summed E-state index contributed by atoms with van der Waals surface area (Å²) in [7, 11) is 1.54. The molecule has 154 valence electrons. The maximum atomic E-state index is 12.5. The molecule has 0 radical (unpaired) electrons. The monoisotopic (exact) mass is 415 g/mol. The summed E-state index contributed by atoms with van der Waals surface area (Å²) in [5, 5.41) is 6.45. The molecule has 2 N–H and O–H groups in total. The molecule has 0 aromatic heterocycles. The summed E-state index contributed by atoms with van der Waals surface area (Å²) < 4.78 is 5.30. The van der Waals surface area contributed by atoms with Crippen LogP contribution < -0.4 is 15.4 Å². The van der Waals surface area contributed by atoms with Crippen LogP contribution in [0.2, 0.25) is 5.02 Å². The van der Waals surface area contributed by atoms with Crippen LogP contribution in [0, 0.1) is 12.8 Å². The molecular weight excluding hydrogens is 390 g/mol. The fourth-order valence-electron chi connectivity index (χ4n) is 3.44. The lowest BCUT2D eigenvalue weighted by atomic mass is 9.96. The van der Waals surface area contributed by atoms with Gasteiger partial charge < -0.3 is 15.4 Å². The van der Waals surface area contributed by atoms with E-state index in [9.17, 15) is 9.59 Å². The summed E-state index contributed by atoms with van der Waals surface area (Å²) in [6, 6.07) is 13.0. The summed E-state index contributed by atoms with van der Waals surface area (Å²) in [6.45, 7) is 3.56. The number of hydrogen-bond donors (Lipinski definition) is 2. The number of aryl methyl sites for hydroxylation is 1. The normalized spacial score (nSPS) is 15.0. The van der Waals surface area contributed by atoms with Gasteiger partial charge in [-0.2, -0.15) is 0 Å². The SMILES string of the molecule is COc1cc(Cl)c(C)cc1NC(=O)CN1CCC(C(=O)Nc2ccccc2)CC1. The third kappa shape index (κ3) is 5.71. The van der Waals surface area contributed by atoms with Gasteiger partial charge in [-0.15, -0.1) is 0 Å². The number of nitrogens with one attached hydrogen (secondary N) is 2. The topological polar surface area (TPSA) is 70.7 Å². The maximum Gasteiger partial charge on any atom is 0.238 e. The summed E-state index contributed by atoms with van der Waals surface area (Å²) in [4.78, 5) is 27.0. The van der Waals surface area contributed by atoms with Crippen molar-refractivity contribution in [3.63, 3.8) is 0 Å². The molecule has 1 heterocycles. The largest absolute Gasteiger partial charge is 0.495 e. The van der Waals surface area contributed by atoms with Gasteiger partial charge in [0.05, 0.1) is 19.3 Å². The fraction of sp³-hybridized carbons (Fsp3) is 0.364. The van der Waals surface area contributed by atoms with Crippen LogP contribution in [0.15, 0.2) is 42.5 Å². The molecule has 2 aromatic carbocycles. The zero-order chi connectivity index (χ0) is 20.8. The molecule has 3 rings (SSSR count). The Morgan fingerprint density at radius 2 is 1.83 bits per heavy atom. The number of amides is 2. The van der Waals surface area contributed by atoms with Crippen molar-refractivity contribution in [2.45, 2.75) is 19.8 Å². The molecule has 0 bridgehead atoms. The van der Waals surface area contributed by atoms with Gasteiger partial charge in [0.1, 0.15) is 5.75 Å². The summed E-state index contributed by atoms with van der Waals surface area (Å²) >= 11 is 6.11. The lowest BCUT2D eigenvalue weighted by Crippen LogP contribution is -2.41. The van der Waals surface area contributed by atoms with Crippen molar-refractivity contribution in [2.24, 2.45) is 5.92 Å². The molecule has 2 amide bonds. The Kier molecular flexibility index (Phi) is 7.12. The Morgan fingerprint density at radius 3 is 2.48 bits per heavy atom. The van der Waals surface area contributed by atoms with Gasteiger partial charge in [-0.25, -0.2) is 0 Å². The highest BCUT2D eigenvalue weighted by molar-refractivity contribution is 6.31. The van der Waals surface area contributed by atoms with Crippen LogP contribution in [-0.2, 0) is 9.59 Å². The standard InChI is InChI=1S/C22H26ClN3O3/c1-15-12-19(20(29-2)13-18(15)23)25-21(27)14-26-10-8-16(9-11-26)22(28)24-17-6-4-3-5-7-17/h3-7,12-13,16H,8-11,14H2,1-2H3,(H,24,28)(H,25,27). The molecule has 1 aliphatic rings. The van der Waals surface area contributed by atoms with Crippen LogP contribution in [0.5, 0.6) is 5.75 Å². The van der Waals surface area contributed by atoms with Crippen molar-refractivity contribution in [1.29, 1.82) is 0 Å². The molecule has 1 saturated heterocycles. The van der Waals surface area contributed by atoms with E-state index in [0.717, 1.165) is 24.1 Å². The summed E-state index contributed by atoms with van der Waals surface area (Å²) in [5.74, 6) is 0.428. The van der Waals surface area contributed by atoms with Gasteiger partial charge in [-0.3, -0.25) is 14.5 Å². The molecule has 7 heteroatoms. The van der Waals surface area contributed by atoms with E-state index in [2.05, 4.69) is 15.5 Å². The number of carbonyl (C=O) groups is 2. The van der Waals surface area contributed by atoms with E-state index >= 15 is 0 Å². The average Bonchev–Trinajstić information content (AvgIpc) is 2.71. The second-order valence-corrected chi connectivity index (χ2v) is 7.66. The van der Waals surface area contributed by atoms with E-state index in [0.29, 0.717) is 29.5 Å². The number of rotatable bonds is 6. The highest BCUT2D eigenvalue weighted by atomic mass is 35.5. The highest BCUT2D eigenvalue weighted by Gasteiger charge is 2.26. The molecule has 0 saturated carbocycles. The van der Waals surface area contributed by atoms with Crippen LogP contribution in [-0.4, -0.2) is 43.5 Å². The highest BCUT2D eigenvalue weighted by Crippen LogP contribution is 2.31. The lowest BCUT2D eigenvalue weighted by Gasteiger charge is -2.30. The number of piperidine rings is 1. The van der Waals surface area contributed by atoms with Gasteiger partial charge in [0.15, 0.2) is 0 Å². The fourth-order valence-corrected chi connectivity index (χ4v) is 3.60. The molecular formula is C22H26ClN3O3. The molecule has 2 aromatic rings. The Labute approximate surface area is 176 Å². The third-order valence-corrected chi connectivity index (χ3v) is 5.53. The number of ether oxygens (including phenoxy) is 1. The van der Waals surface area contributed by atoms with E-state index in [1.54, 1.807) is 19.2 Å². The first-order valence-corrected chi connectivity index (χ1v) is 10.1. The second kappa shape index (κ2) is 9.76. The Balaban J connectivity index is 1.49. The van der Waals surface area contributed by atoms with E-state index in [4.69, 9.17) is 16.3 Å². The molecule has 6 nitrogen and oxygen atoms in total. The number of carbonyl (C=O) groups excluding carboxylic acids is 2. The smallest absolute Gasteiger partial charge is 0.238 e. The number of methoxy groups -OCH3 is 1. The molecule has 1 fully saturated rings. The predicted molar refractivity (Wildman–Crippen MR) is 116 cm³/mol. The number of halogens is 1. The Morgan fingerprint density at radius 1 is 1.14 bits per heavy atom. The van der Waals surface area contributed by atoms with Gasteiger partial charge in [0.25, 0.3) is 0 Å². The van der Waals surface area contributed by atoms with Crippen molar-refractivity contribution in [2.75, 3.05) is 37.4 Å². The molecule has 0 atom stereocenters. The van der Waals surface area contributed by atoms with Gasteiger partial charge in [0.2, 0.25) is 11.8 Å². The third-order valence-electron chi connectivity index (χ3n) is 5.12. The van der Waals surface area contributed by atoms with E-state index in [1.807, 2.05) is 37.3 Å². The average molecular weight is 416 g/mol. The van der Waals surface area contributed by atoms with Gasteiger partial charge in [-0.05, 0) is 56.6 Å². The molecule has 29 heavy (non-hydrogen) atoms. The molecule has 0 unspecified atom stereocenters. The Hall–Kier alpha value is -2.57. The van der Waals surface area contributed by atoms with Crippen LogP contribution >= 0.6 is 11.6 Å². The van der Waals surface area contributed by atoms with Crippen molar-refractivity contribution in [3.8, 4) is 5.75 Å². The van der Waals surface area contributed by atoms with Crippen LogP contribution in [0.1, 0.15) is 18.4 Å². The van der Waals surface area contributed by atoms with Gasteiger partial charge >= 0.3 is 0 Å². The zero-order valence-corrected chi connectivity index (χ0v) is 17.5. The second-order valence-electron chi connectivity index (χ2n) is 7.26. The number of para-hydroxylation sites is 1.